The lowest BCUT2D eigenvalue weighted by Crippen LogP contribution is -2.30. The number of hydrogen-bond donors (Lipinski definition) is 1. The van der Waals surface area contributed by atoms with Crippen molar-refractivity contribution in [3.8, 4) is 11.8 Å². The van der Waals surface area contributed by atoms with Gasteiger partial charge >= 0.3 is 12.1 Å². The van der Waals surface area contributed by atoms with Gasteiger partial charge in [0.25, 0.3) is 0 Å². The highest BCUT2D eigenvalue weighted by atomic mass is 19.4. The van der Waals surface area contributed by atoms with Gasteiger partial charge in [0, 0.05) is 6.07 Å². The predicted octanol–water partition coefficient (Wildman–Crippen LogP) is 3.24. The zero-order chi connectivity index (χ0) is 15.3. The number of alkyl halides is 3. The Bertz CT molecular complexity index is 535. The van der Waals surface area contributed by atoms with E-state index < -0.39 is 12.1 Å². The van der Waals surface area contributed by atoms with Crippen molar-refractivity contribution in [3.63, 3.8) is 0 Å². The number of nitrogens with zero attached hydrogens (tertiary/aromatic N) is 1. The lowest BCUT2D eigenvalue weighted by atomic mass is 10.1. The van der Waals surface area contributed by atoms with Crippen molar-refractivity contribution >= 4 is 11.6 Å². The Kier molecular flexibility index (Phi) is 4.97. The molecule has 0 saturated carbocycles. The van der Waals surface area contributed by atoms with Crippen molar-refractivity contribution in [2.45, 2.75) is 32.5 Å². The van der Waals surface area contributed by atoms with Gasteiger partial charge in [0.05, 0.1) is 17.4 Å². The molecule has 1 aromatic carbocycles. The van der Waals surface area contributed by atoms with Gasteiger partial charge < -0.3 is 10.1 Å². The number of benzene rings is 1. The smallest absolute Gasteiger partial charge is 0.471 e. The van der Waals surface area contributed by atoms with E-state index in [2.05, 4.69) is 0 Å². The number of carbonyl (C=O) groups excluding carboxylic acids is 1. The average Bonchev–Trinajstić information content (AvgIpc) is 2.39. The summed E-state index contributed by atoms with van der Waals surface area (Å²) in [4.78, 5) is 10.8. The molecule has 1 atom stereocenters. The zero-order valence-electron chi connectivity index (χ0n) is 10.9. The number of amides is 1. The molecule has 0 aliphatic rings. The van der Waals surface area contributed by atoms with Gasteiger partial charge in [-0.1, -0.05) is 6.92 Å². The highest BCUT2D eigenvalue weighted by molar-refractivity contribution is 5.96. The first-order valence-electron chi connectivity index (χ1n) is 5.87. The molecular weight excluding hydrogens is 273 g/mol. The van der Waals surface area contributed by atoms with Crippen molar-refractivity contribution in [2.24, 2.45) is 0 Å². The molecule has 1 aromatic rings. The Morgan fingerprint density at radius 2 is 2.15 bits per heavy atom. The number of carbonyl (C=O) groups is 1. The Hall–Kier alpha value is -2.23. The summed E-state index contributed by atoms with van der Waals surface area (Å²) in [6.07, 6.45) is -4.34. The van der Waals surface area contributed by atoms with Crippen LogP contribution in [0.25, 0.3) is 0 Å². The fourth-order valence-electron chi connectivity index (χ4n) is 1.31. The van der Waals surface area contributed by atoms with Crippen LogP contribution in [-0.2, 0) is 4.79 Å². The number of halogens is 3. The van der Waals surface area contributed by atoms with Crippen LogP contribution < -0.4 is 10.1 Å². The van der Waals surface area contributed by atoms with Gasteiger partial charge in [-0.2, -0.15) is 18.4 Å². The monoisotopic (exact) mass is 286 g/mol. The molecule has 0 aromatic heterocycles. The molecule has 0 aliphatic heterocycles. The van der Waals surface area contributed by atoms with E-state index in [4.69, 9.17) is 10.00 Å². The fourth-order valence-corrected chi connectivity index (χ4v) is 1.31. The maximum Gasteiger partial charge on any atom is 0.471 e. The minimum Gasteiger partial charge on any atom is -0.491 e. The lowest BCUT2D eigenvalue weighted by Gasteiger charge is -2.14. The Balaban J connectivity index is 2.95. The summed E-state index contributed by atoms with van der Waals surface area (Å²) in [5.41, 5.74) is -0.297. The molecule has 1 rings (SSSR count). The van der Waals surface area contributed by atoms with Gasteiger partial charge in [-0.25, -0.2) is 0 Å². The van der Waals surface area contributed by atoms with Gasteiger partial charge in [-0.05, 0) is 25.5 Å². The Labute approximate surface area is 114 Å². The number of rotatable bonds is 4. The van der Waals surface area contributed by atoms with E-state index in [0.29, 0.717) is 5.75 Å². The van der Waals surface area contributed by atoms with Crippen molar-refractivity contribution < 1.29 is 22.7 Å². The number of nitrogens with one attached hydrogen (secondary N) is 1. The lowest BCUT2D eigenvalue weighted by molar-refractivity contribution is -0.167. The first-order valence-corrected chi connectivity index (χ1v) is 5.87. The summed E-state index contributed by atoms with van der Waals surface area (Å²) >= 11 is 0. The first kappa shape index (κ1) is 15.8. The molecular formula is C13H13F3N2O2. The van der Waals surface area contributed by atoms with E-state index in [0.717, 1.165) is 6.42 Å². The van der Waals surface area contributed by atoms with Crippen LogP contribution in [0.1, 0.15) is 25.8 Å². The van der Waals surface area contributed by atoms with Crippen LogP contribution in [0.2, 0.25) is 0 Å². The first-order chi connectivity index (χ1) is 9.27. The highest BCUT2D eigenvalue weighted by Crippen LogP contribution is 2.25. The summed E-state index contributed by atoms with van der Waals surface area (Å²) in [6, 6.07) is 5.62. The number of nitriles is 1. The van der Waals surface area contributed by atoms with E-state index in [1.54, 1.807) is 11.4 Å². The zero-order valence-corrected chi connectivity index (χ0v) is 10.9. The van der Waals surface area contributed by atoms with Crippen LogP contribution in [0.15, 0.2) is 18.2 Å². The number of hydrogen-bond acceptors (Lipinski definition) is 3. The minimum absolute atomic E-state index is 0.0860. The van der Waals surface area contributed by atoms with Crippen LogP contribution in [0.5, 0.6) is 5.75 Å². The number of anilines is 1. The van der Waals surface area contributed by atoms with Gasteiger partial charge in [0.15, 0.2) is 0 Å². The van der Waals surface area contributed by atoms with Crippen LogP contribution in [0.4, 0.5) is 18.9 Å². The molecule has 1 unspecified atom stereocenters. The van der Waals surface area contributed by atoms with Crippen LogP contribution in [0, 0.1) is 11.3 Å². The minimum atomic E-state index is -5.00. The second kappa shape index (κ2) is 6.28. The molecule has 0 aliphatic carbocycles. The molecule has 20 heavy (non-hydrogen) atoms. The third kappa shape index (κ3) is 4.16. The Morgan fingerprint density at radius 3 is 2.65 bits per heavy atom. The van der Waals surface area contributed by atoms with E-state index in [9.17, 15) is 18.0 Å². The summed E-state index contributed by atoms with van der Waals surface area (Å²) in [6.45, 7) is 3.74. The maximum absolute atomic E-state index is 12.1. The molecule has 1 amide bonds. The summed E-state index contributed by atoms with van der Waals surface area (Å²) in [7, 11) is 0. The molecule has 7 heteroatoms. The molecule has 0 heterocycles. The quantitative estimate of drug-likeness (QED) is 0.924. The number of ether oxygens (including phenoxy) is 1. The maximum atomic E-state index is 12.1. The van der Waals surface area contributed by atoms with Gasteiger partial charge in [-0.3, -0.25) is 4.79 Å². The summed E-state index contributed by atoms with van der Waals surface area (Å²) in [5.74, 6) is -1.76. The molecule has 1 N–H and O–H groups in total. The molecule has 108 valence electrons. The topological polar surface area (TPSA) is 62.1 Å². The molecule has 0 fully saturated rings. The second-order valence-electron chi connectivity index (χ2n) is 4.11. The van der Waals surface area contributed by atoms with Crippen molar-refractivity contribution in [1.29, 1.82) is 5.26 Å². The Morgan fingerprint density at radius 1 is 1.50 bits per heavy atom. The van der Waals surface area contributed by atoms with Crippen LogP contribution in [-0.4, -0.2) is 18.2 Å². The standard InChI is InChI=1S/C13H13F3N2O2/c1-3-8(2)20-10-4-5-11(9(6-10)7-17)18-12(19)13(14,15)16/h4-6,8H,3H2,1-2H3,(H,18,19). The predicted molar refractivity (Wildman–Crippen MR) is 66.2 cm³/mol. The van der Waals surface area contributed by atoms with E-state index in [-0.39, 0.29) is 17.4 Å². The van der Waals surface area contributed by atoms with E-state index in [1.807, 2.05) is 13.8 Å². The normalized spacial score (nSPS) is 12.4. The van der Waals surface area contributed by atoms with E-state index in [1.165, 1.54) is 18.2 Å². The van der Waals surface area contributed by atoms with Crippen molar-refractivity contribution in [3.05, 3.63) is 23.8 Å². The van der Waals surface area contributed by atoms with E-state index >= 15 is 0 Å². The third-order valence-corrected chi connectivity index (χ3v) is 2.53. The van der Waals surface area contributed by atoms with Crippen molar-refractivity contribution in [2.75, 3.05) is 5.32 Å². The molecule has 0 spiro atoms. The molecule has 0 radical (unpaired) electrons. The highest BCUT2D eigenvalue weighted by Gasteiger charge is 2.39. The SMILES string of the molecule is CCC(C)Oc1ccc(NC(=O)C(F)(F)F)c(C#N)c1. The van der Waals surface area contributed by atoms with Gasteiger partial charge in [0.1, 0.15) is 11.8 Å². The summed E-state index contributed by atoms with van der Waals surface area (Å²) in [5, 5.41) is 10.6. The molecule has 0 saturated heterocycles. The summed E-state index contributed by atoms with van der Waals surface area (Å²) < 4.78 is 41.9. The van der Waals surface area contributed by atoms with Gasteiger partial charge in [-0.15, -0.1) is 0 Å². The fraction of sp³-hybridized carbons (Fsp3) is 0.385. The average molecular weight is 286 g/mol. The van der Waals surface area contributed by atoms with Crippen LogP contribution in [0.3, 0.4) is 0 Å². The van der Waals surface area contributed by atoms with Crippen LogP contribution >= 0.6 is 0 Å². The third-order valence-electron chi connectivity index (χ3n) is 2.53. The second-order valence-corrected chi connectivity index (χ2v) is 4.11. The molecule has 4 nitrogen and oxygen atoms in total. The van der Waals surface area contributed by atoms with Gasteiger partial charge in [0.2, 0.25) is 0 Å². The van der Waals surface area contributed by atoms with Crippen molar-refractivity contribution in [1.82, 2.24) is 0 Å². The molecule has 0 bridgehead atoms. The largest absolute Gasteiger partial charge is 0.491 e.